The maximum absolute atomic E-state index is 5.68. The minimum Gasteiger partial charge on any atom is -0.419 e. The zero-order valence-electron chi connectivity index (χ0n) is 12.8. The van der Waals surface area contributed by atoms with Crippen molar-refractivity contribution in [1.29, 1.82) is 0 Å². The van der Waals surface area contributed by atoms with Crippen LogP contribution in [-0.2, 0) is 13.1 Å². The quantitative estimate of drug-likeness (QED) is 0.692. The highest BCUT2D eigenvalue weighted by Crippen LogP contribution is 2.40. The zero-order chi connectivity index (χ0) is 15.6. The maximum Gasteiger partial charge on any atom is 0.249 e. The van der Waals surface area contributed by atoms with E-state index in [0.29, 0.717) is 30.8 Å². The third kappa shape index (κ3) is 3.29. The molecule has 7 nitrogen and oxygen atoms in total. The first kappa shape index (κ1) is 14.1. The van der Waals surface area contributed by atoms with Gasteiger partial charge in [0.05, 0.1) is 17.8 Å². The molecule has 3 heterocycles. The fourth-order valence-corrected chi connectivity index (χ4v) is 2.45. The lowest BCUT2D eigenvalue weighted by molar-refractivity contribution is 0.272. The molecule has 0 unspecified atom stereocenters. The van der Waals surface area contributed by atoms with Crippen molar-refractivity contribution in [2.75, 3.05) is 7.05 Å². The molecule has 0 radical (unpaired) electrons. The zero-order valence-corrected chi connectivity index (χ0v) is 12.8. The Morgan fingerprint density at radius 1 is 1.26 bits per heavy atom. The van der Waals surface area contributed by atoms with Gasteiger partial charge >= 0.3 is 0 Å². The molecule has 3 aromatic heterocycles. The van der Waals surface area contributed by atoms with Crippen LogP contribution in [0.4, 0.5) is 0 Å². The molecule has 0 atom stereocenters. The van der Waals surface area contributed by atoms with Crippen LogP contribution in [0.1, 0.15) is 36.1 Å². The summed E-state index contributed by atoms with van der Waals surface area (Å²) in [4.78, 5) is 6.12. The number of nitrogens with zero attached hydrogens (tertiary/aromatic N) is 5. The van der Waals surface area contributed by atoms with Gasteiger partial charge in [-0.05, 0) is 32.0 Å². The molecule has 1 aliphatic rings. The van der Waals surface area contributed by atoms with Crippen LogP contribution in [0.2, 0.25) is 0 Å². The fourth-order valence-electron chi connectivity index (χ4n) is 2.45. The molecule has 0 aliphatic heterocycles. The van der Waals surface area contributed by atoms with Crippen LogP contribution in [0.5, 0.6) is 0 Å². The van der Waals surface area contributed by atoms with E-state index < -0.39 is 0 Å². The summed E-state index contributed by atoms with van der Waals surface area (Å²) < 4.78 is 11.1. The number of aromatic nitrogens is 4. The maximum atomic E-state index is 5.68. The van der Waals surface area contributed by atoms with E-state index in [1.54, 1.807) is 12.4 Å². The van der Waals surface area contributed by atoms with Gasteiger partial charge in [0.25, 0.3) is 0 Å². The molecule has 1 aliphatic carbocycles. The van der Waals surface area contributed by atoms with Gasteiger partial charge in [0, 0.05) is 30.9 Å². The molecule has 0 aromatic carbocycles. The number of hydrogen-bond donors (Lipinski definition) is 0. The molecule has 23 heavy (non-hydrogen) atoms. The summed E-state index contributed by atoms with van der Waals surface area (Å²) in [5.41, 5.74) is 1.75. The number of pyridine rings is 1. The van der Waals surface area contributed by atoms with E-state index in [2.05, 4.69) is 25.2 Å². The van der Waals surface area contributed by atoms with Gasteiger partial charge in [-0.1, -0.05) is 5.16 Å². The van der Waals surface area contributed by atoms with E-state index in [-0.39, 0.29) is 0 Å². The van der Waals surface area contributed by atoms with Crippen molar-refractivity contribution in [2.24, 2.45) is 0 Å². The molecule has 0 amide bonds. The van der Waals surface area contributed by atoms with E-state index in [1.807, 2.05) is 25.2 Å². The highest BCUT2D eigenvalue weighted by molar-refractivity contribution is 5.49. The lowest BCUT2D eigenvalue weighted by Crippen LogP contribution is -2.17. The molecule has 0 spiro atoms. The van der Waals surface area contributed by atoms with Gasteiger partial charge in [0.15, 0.2) is 0 Å². The standard InChI is InChI=1S/C16H17N5O2/c1-21(9-13-7-14(23-20-13)11-4-5-11)10-15-18-19-16(22-15)12-3-2-6-17-8-12/h2-3,6-8,11H,4-5,9-10H2,1H3. The Morgan fingerprint density at radius 2 is 2.17 bits per heavy atom. The van der Waals surface area contributed by atoms with Gasteiger partial charge in [-0.2, -0.15) is 0 Å². The predicted octanol–water partition coefficient (Wildman–Crippen LogP) is 2.63. The van der Waals surface area contributed by atoms with Crippen LogP contribution < -0.4 is 0 Å². The summed E-state index contributed by atoms with van der Waals surface area (Å²) in [5, 5.41) is 12.3. The Balaban J connectivity index is 1.38. The van der Waals surface area contributed by atoms with Crippen molar-refractivity contribution in [3.8, 4) is 11.5 Å². The van der Waals surface area contributed by atoms with E-state index in [1.165, 1.54) is 12.8 Å². The normalized spacial score (nSPS) is 14.5. The van der Waals surface area contributed by atoms with Crippen LogP contribution in [0.15, 0.2) is 39.5 Å². The average Bonchev–Trinajstić information content (AvgIpc) is 3.14. The van der Waals surface area contributed by atoms with Crippen LogP contribution in [0, 0.1) is 0 Å². The summed E-state index contributed by atoms with van der Waals surface area (Å²) in [7, 11) is 1.99. The molecular formula is C16H17N5O2. The molecule has 4 rings (SSSR count). The first-order valence-corrected chi connectivity index (χ1v) is 7.65. The molecule has 118 valence electrons. The predicted molar refractivity (Wildman–Crippen MR) is 81.2 cm³/mol. The van der Waals surface area contributed by atoms with Gasteiger partial charge in [0.1, 0.15) is 5.76 Å². The first-order chi connectivity index (χ1) is 11.3. The monoisotopic (exact) mass is 311 g/mol. The van der Waals surface area contributed by atoms with Crippen molar-refractivity contribution >= 4 is 0 Å². The summed E-state index contributed by atoms with van der Waals surface area (Å²) in [6.07, 6.45) is 5.84. The molecule has 1 fully saturated rings. The second kappa shape index (κ2) is 5.92. The van der Waals surface area contributed by atoms with E-state index >= 15 is 0 Å². The summed E-state index contributed by atoms with van der Waals surface area (Å²) in [5.74, 6) is 2.64. The van der Waals surface area contributed by atoms with Crippen LogP contribution in [-0.4, -0.2) is 32.3 Å². The summed E-state index contributed by atoms with van der Waals surface area (Å²) in [6, 6.07) is 5.78. The van der Waals surface area contributed by atoms with Gasteiger partial charge in [-0.15, -0.1) is 10.2 Å². The van der Waals surface area contributed by atoms with E-state index in [9.17, 15) is 0 Å². The first-order valence-electron chi connectivity index (χ1n) is 7.65. The topological polar surface area (TPSA) is 81.1 Å². The van der Waals surface area contributed by atoms with Gasteiger partial charge < -0.3 is 8.94 Å². The summed E-state index contributed by atoms with van der Waals surface area (Å²) >= 11 is 0. The Bertz CT molecular complexity index is 779. The second-order valence-corrected chi connectivity index (χ2v) is 5.91. The van der Waals surface area contributed by atoms with Crippen molar-refractivity contribution in [3.05, 3.63) is 47.9 Å². The third-order valence-electron chi connectivity index (χ3n) is 3.77. The van der Waals surface area contributed by atoms with Crippen LogP contribution >= 0.6 is 0 Å². The SMILES string of the molecule is CN(Cc1cc(C2CC2)on1)Cc1nnc(-c2cccnc2)o1. The lowest BCUT2D eigenvalue weighted by atomic mass is 10.3. The lowest BCUT2D eigenvalue weighted by Gasteiger charge is -2.11. The minimum atomic E-state index is 0.485. The van der Waals surface area contributed by atoms with Gasteiger partial charge in [-0.3, -0.25) is 9.88 Å². The van der Waals surface area contributed by atoms with Crippen molar-refractivity contribution < 1.29 is 8.94 Å². The van der Waals surface area contributed by atoms with Gasteiger partial charge in [0.2, 0.25) is 11.8 Å². The summed E-state index contributed by atoms with van der Waals surface area (Å²) in [6.45, 7) is 1.24. The molecule has 3 aromatic rings. The number of hydrogen-bond acceptors (Lipinski definition) is 7. The van der Waals surface area contributed by atoms with E-state index in [4.69, 9.17) is 8.94 Å². The highest BCUT2D eigenvalue weighted by Gasteiger charge is 2.28. The van der Waals surface area contributed by atoms with Gasteiger partial charge in [-0.25, -0.2) is 0 Å². The van der Waals surface area contributed by atoms with Crippen molar-refractivity contribution in [1.82, 2.24) is 25.2 Å². The second-order valence-electron chi connectivity index (χ2n) is 5.91. The minimum absolute atomic E-state index is 0.485. The molecule has 0 bridgehead atoms. The molecule has 7 heteroatoms. The Morgan fingerprint density at radius 3 is 2.96 bits per heavy atom. The highest BCUT2D eigenvalue weighted by atomic mass is 16.5. The Kier molecular flexibility index (Phi) is 3.63. The van der Waals surface area contributed by atoms with Crippen molar-refractivity contribution in [2.45, 2.75) is 31.8 Å². The fraction of sp³-hybridized carbons (Fsp3) is 0.375. The van der Waals surface area contributed by atoms with Crippen molar-refractivity contribution in [3.63, 3.8) is 0 Å². The Hall–Kier alpha value is -2.54. The largest absolute Gasteiger partial charge is 0.419 e. The van der Waals surface area contributed by atoms with Crippen LogP contribution in [0.25, 0.3) is 11.5 Å². The molecule has 0 saturated heterocycles. The molecule has 0 N–H and O–H groups in total. The average molecular weight is 311 g/mol. The van der Waals surface area contributed by atoms with Crippen LogP contribution in [0.3, 0.4) is 0 Å². The molecule has 1 saturated carbocycles. The Labute approximate surface area is 133 Å². The third-order valence-corrected chi connectivity index (χ3v) is 3.77. The smallest absolute Gasteiger partial charge is 0.249 e. The number of rotatable bonds is 6. The molecular weight excluding hydrogens is 294 g/mol. The van der Waals surface area contributed by atoms with E-state index in [0.717, 1.165) is 17.0 Å².